The van der Waals surface area contributed by atoms with Gasteiger partial charge in [0.25, 0.3) is 0 Å². The van der Waals surface area contributed by atoms with Crippen molar-refractivity contribution in [3.63, 3.8) is 0 Å². The Morgan fingerprint density at radius 2 is 2.53 bits per heavy atom. The third-order valence-corrected chi connectivity index (χ3v) is 3.18. The lowest BCUT2D eigenvalue weighted by Crippen LogP contribution is -2.38. The van der Waals surface area contributed by atoms with Gasteiger partial charge in [0.1, 0.15) is 6.04 Å². The standard InChI is InChI=1S/C11H19N3O2S/c1-3-5-12-9(10(15)16-2)4-8-17-11-13-6-7-14-11/h6-7,9,12H,3-5,8H2,1-2H3,(H,13,14). The zero-order valence-corrected chi connectivity index (χ0v) is 11.0. The number of aromatic nitrogens is 2. The number of hydrogen-bond acceptors (Lipinski definition) is 5. The Balaban J connectivity index is 2.30. The maximum Gasteiger partial charge on any atom is 0.322 e. The molecule has 6 heteroatoms. The minimum atomic E-state index is -0.220. The van der Waals surface area contributed by atoms with Crippen LogP contribution >= 0.6 is 11.8 Å². The van der Waals surface area contributed by atoms with Gasteiger partial charge in [-0.1, -0.05) is 18.7 Å². The van der Waals surface area contributed by atoms with E-state index in [1.807, 2.05) is 0 Å². The fourth-order valence-corrected chi connectivity index (χ4v) is 2.20. The predicted octanol–water partition coefficient (Wildman–Crippen LogP) is 1.43. The minimum absolute atomic E-state index is 0.196. The van der Waals surface area contributed by atoms with Gasteiger partial charge >= 0.3 is 5.97 Å². The van der Waals surface area contributed by atoms with Gasteiger partial charge in [-0.05, 0) is 19.4 Å². The first kappa shape index (κ1) is 14.1. The molecule has 0 saturated heterocycles. The summed E-state index contributed by atoms with van der Waals surface area (Å²) in [4.78, 5) is 18.6. The molecule has 0 spiro atoms. The summed E-state index contributed by atoms with van der Waals surface area (Å²) in [5.41, 5.74) is 0. The number of rotatable bonds is 8. The maximum atomic E-state index is 11.5. The van der Waals surface area contributed by atoms with Crippen LogP contribution in [0.4, 0.5) is 0 Å². The summed E-state index contributed by atoms with van der Waals surface area (Å²) in [6.45, 7) is 2.89. The highest BCUT2D eigenvalue weighted by molar-refractivity contribution is 7.99. The predicted molar refractivity (Wildman–Crippen MR) is 68.0 cm³/mol. The number of hydrogen-bond donors (Lipinski definition) is 2. The molecular weight excluding hydrogens is 238 g/mol. The van der Waals surface area contributed by atoms with Gasteiger partial charge in [-0.25, -0.2) is 4.98 Å². The van der Waals surface area contributed by atoms with Crippen LogP contribution in [0, 0.1) is 0 Å². The van der Waals surface area contributed by atoms with Crippen molar-refractivity contribution in [1.29, 1.82) is 0 Å². The largest absolute Gasteiger partial charge is 0.468 e. The van der Waals surface area contributed by atoms with Crippen molar-refractivity contribution < 1.29 is 9.53 Å². The molecule has 0 bridgehead atoms. The van der Waals surface area contributed by atoms with Crippen LogP contribution < -0.4 is 5.32 Å². The molecule has 1 unspecified atom stereocenters. The molecule has 2 N–H and O–H groups in total. The summed E-state index contributed by atoms with van der Waals surface area (Å²) in [6, 6.07) is -0.220. The van der Waals surface area contributed by atoms with Crippen LogP contribution in [0.3, 0.4) is 0 Å². The zero-order chi connectivity index (χ0) is 12.5. The van der Waals surface area contributed by atoms with Crippen LogP contribution in [-0.4, -0.2) is 41.4 Å². The molecule has 0 aliphatic rings. The number of aromatic amines is 1. The molecule has 0 aliphatic carbocycles. The Morgan fingerprint density at radius 3 is 3.12 bits per heavy atom. The van der Waals surface area contributed by atoms with E-state index in [0.29, 0.717) is 0 Å². The van der Waals surface area contributed by atoms with Gasteiger partial charge in [-0.15, -0.1) is 0 Å². The van der Waals surface area contributed by atoms with Crippen molar-refractivity contribution in [3.05, 3.63) is 12.4 Å². The Morgan fingerprint density at radius 1 is 1.71 bits per heavy atom. The third-order valence-electron chi connectivity index (χ3n) is 2.24. The van der Waals surface area contributed by atoms with E-state index in [9.17, 15) is 4.79 Å². The van der Waals surface area contributed by atoms with Crippen molar-refractivity contribution in [3.8, 4) is 0 Å². The molecule has 1 aromatic rings. The Kier molecular flexibility index (Phi) is 6.73. The summed E-state index contributed by atoms with van der Waals surface area (Å²) in [5, 5.41) is 4.06. The monoisotopic (exact) mass is 257 g/mol. The molecule has 0 fully saturated rings. The average Bonchev–Trinajstić information content (AvgIpc) is 2.85. The van der Waals surface area contributed by atoms with Crippen molar-refractivity contribution in [2.45, 2.75) is 31.0 Å². The number of ether oxygens (including phenoxy) is 1. The minimum Gasteiger partial charge on any atom is -0.468 e. The molecule has 0 aliphatic heterocycles. The first-order chi connectivity index (χ1) is 8.27. The van der Waals surface area contributed by atoms with Gasteiger partial charge in [-0.3, -0.25) is 4.79 Å². The highest BCUT2D eigenvalue weighted by Gasteiger charge is 2.17. The second-order valence-corrected chi connectivity index (χ2v) is 4.64. The fourth-order valence-electron chi connectivity index (χ4n) is 1.37. The van der Waals surface area contributed by atoms with Crippen molar-refractivity contribution in [2.75, 3.05) is 19.4 Å². The first-order valence-electron chi connectivity index (χ1n) is 5.71. The van der Waals surface area contributed by atoms with Crippen LogP contribution in [0.15, 0.2) is 17.6 Å². The number of H-pyrrole nitrogens is 1. The van der Waals surface area contributed by atoms with Crippen molar-refractivity contribution >= 4 is 17.7 Å². The summed E-state index contributed by atoms with van der Waals surface area (Å²) in [5.74, 6) is 0.628. The second-order valence-electron chi connectivity index (χ2n) is 3.56. The Hall–Kier alpha value is -1.01. The highest BCUT2D eigenvalue weighted by Crippen LogP contribution is 2.14. The summed E-state index contributed by atoms with van der Waals surface area (Å²) >= 11 is 1.60. The smallest absolute Gasteiger partial charge is 0.322 e. The number of nitrogens with zero attached hydrogens (tertiary/aromatic N) is 1. The molecule has 96 valence electrons. The molecule has 0 saturated carbocycles. The van der Waals surface area contributed by atoms with Crippen LogP contribution in [0.2, 0.25) is 0 Å². The van der Waals surface area contributed by atoms with Gasteiger partial charge in [0.05, 0.1) is 7.11 Å². The van der Waals surface area contributed by atoms with Crippen LogP contribution in [-0.2, 0) is 9.53 Å². The highest BCUT2D eigenvalue weighted by atomic mass is 32.2. The summed E-state index contributed by atoms with van der Waals surface area (Å²) in [6.07, 6.45) is 5.24. The third kappa shape index (κ3) is 5.23. The number of imidazole rings is 1. The quantitative estimate of drug-likeness (QED) is 0.545. The maximum absolute atomic E-state index is 11.5. The van der Waals surface area contributed by atoms with E-state index in [2.05, 4.69) is 22.2 Å². The molecule has 1 rings (SSSR count). The van der Waals surface area contributed by atoms with E-state index in [1.54, 1.807) is 24.2 Å². The van der Waals surface area contributed by atoms with Gasteiger partial charge in [0, 0.05) is 18.1 Å². The molecule has 5 nitrogen and oxygen atoms in total. The molecular formula is C11H19N3O2S. The van der Waals surface area contributed by atoms with Gasteiger partial charge in [-0.2, -0.15) is 0 Å². The number of nitrogens with one attached hydrogen (secondary N) is 2. The average molecular weight is 257 g/mol. The van der Waals surface area contributed by atoms with E-state index >= 15 is 0 Å². The van der Waals surface area contributed by atoms with Crippen LogP contribution in [0.5, 0.6) is 0 Å². The van der Waals surface area contributed by atoms with E-state index in [0.717, 1.165) is 30.3 Å². The van der Waals surface area contributed by atoms with Crippen molar-refractivity contribution in [1.82, 2.24) is 15.3 Å². The fraction of sp³-hybridized carbons (Fsp3) is 0.636. The van der Waals surface area contributed by atoms with E-state index in [-0.39, 0.29) is 12.0 Å². The van der Waals surface area contributed by atoms with Crippen molar-refractivity contribution in [2.24, 2.45) is 0 Å². The molecule has 1 atom stereocenters. The van der Waals surface area contributed by atoms with E-state index in [1.165, 1.54) is 7.11 Å². The number of esters is 1. The van der Waals surface area contributed by atoms with Gasteiger partial charge in [0.15, 0.2) is 5.16 Å². The topological polar surface area (TPSA) is 67.0 Å². The normalized spacial score (nSPS) is 12.4. The number of carbonyl (C=O) groups is 1. The molecule has 0 radical (unpaired) electrons. The summed E-state index contributed by atoms with van der Waals surface area (Å²) < 4.78 is 4.76. The molecule has 17 heavy (non-hydrogen) atoms. The van der Waals surface area contributed by atoms with Gasteiger partial charge < -0.3 is 15.0 Å². The molecule has 0 aromatic carbocycles. The Bertz CT molecular complexity index is 317. The molecule has 1 heterocycles. The van der Waals surface area contributed by atoms with Crippen LogP contribution in [0.1, 0.15) is 19.8 Å². The molecule has 1 aromatic heterocycles. The first-order valence-corrected chi connectivity index (χ1v) is 6.69. The molecule has 0 amide bonds. The Labute approximate surface area is 106 Å². The SMILES string of the molecule is CCCNC(CCSc1ncc[nH]1)C(=O)OC. The van der Waals surface area contributed by atoms with E-state index in [4.69, 9.17) is 4.74 Å². The van der Waals surface area contributed by atoms with Crippen LogP contribution in [0.25, 0.3) is 0 Å². The second kappa shape index (κ2) is 8.14. The summed E-state index contributed by atoms with van der Waals surface area (Å²) in [7, 11) is 1.42. The van der Waals surface area contributed by atoms with Gasteiger partial charge in [0.2, 0.25) is 0 Å². The lowest BCUT2D eigenvalue weighted by atomic mass is 10.2. The zero-order valence-electron chi connectivity index (χ0n) is 10.2. The van der Waals surface area contributed by atoms with E-state index < -0.39 is 0 Å². The lowest BCUT2D eigenvalue weighted by Gasteiger charge is -2.15. The number of thioether (sulfide) groups is 1. The number of carbonyl (C=O) groups excluding carboxylic acids is 1. The lowest BCUT2D eigenvalue weighted by molar-refractivity contribution is -0.143. The number of methoxy groups -OCH3 is 1.